The second-order valence-corrected chi connectivity index (χ2v) is 7.82. The quantitative estimate of drug-likeness (QED) is 0.130. The number of alkyl halides is 13. The van der Waals surface area contributed by atoms with Gasteiger partial charge >= 0.3 is 41.8 Å². The molecule has 0 fully saturated rings. The molecule has 37 heavy (non-hydrogen) atoms. The normalized spacial score (nSPS) is 14.0. The zero-order valence-electron chi connectivity index (χ0n) is 18.9. The van der Waals surface area contributed by atoms with Crippen molar-refractivity contribution in [1.82, 2.24) is 0 Å². The maximum atomic E-state index is 13.8. The molecule has 0 N–H and O–H groups in total. The van der Waals surface area contributed by atoms with Crippen LogP contribution in [-0.2, 0) is 4.74 Å². The monoisotopic (exact) mass is 568 g/mol. The van der Waals surface area contributed by atoms with E-state index in [1.54, 1.807) is 0 Å². The van der Waals surface area contributed by atoms with Gasteiger partial charge in [0.05, 0.1) is 25.2 Å². The number of hydrogen-bond acceptors (Lipinski definition) is 3. The number of carbonyl (C=O) groups excluding carboxylic acids is 1. The number of benzene rings is 1. The summed E-state index contributed by atoms with van der Waals surface area (Å²) in [5.74, 6) is -38.3. The molecule has 1 aromatic rings. The minimum Gasteiger partial charge on any atom is -0.493 e. The van der Waals surface area contributed by atoms with Crippen LogP contribution >= 0.6 is 0 Å². The van der Waals surface area contributed by atoms with Gasteiger partial charge in [0.1, 0.15) is 5.75 Å². The van der Waals surface area contributed by atoms with Crippen LogP contribution in [-0.4, -0.2) is 55.0 Å². The highest BCUT2D eigenvalue weighted by atomic mass is 19.4. The lowest BCUT2D eigenvalue weighted by Gasteiger charge is -2.39. The van der Waals surface area contributed by atoms with Gasteiger partial charge in [-0.1, -0.05) is 26.2 Å². The van der Waals surface area contributed by atoms with Crippen LogP contribution in [0.2, 0.25) is 0 Å². The van der Waals surface area contributed by atoms with Crippen LogP contribution in [0.1, 0.15) is 49.4 Å². The Labute approximate surface area is 201 Å². The molecule has 0 saturated heterocycles. The van der Waals surface area contributed by atoms with E-state index >= 15 is 0 Å². The maximum Gasteiger partial charge on any atom is 0.460 e. The molecule has 1 aromatic carbocycles. The Hall–Kier alpha value is -2.42. The van der Waals surface area contributed by atoms with Crippen LogP contribution in [0.5, 0.6) is 5.75 Å². The molecule has 0 unspecified atom stereocenters. The van der Waals surface area contributed by atoms with Crippen LogP contribution in [0.15, 0.2) is 24.3 Å². The summed E-state index contributed by atoms with van der Waals surface area (Å²) < 4.78 is 180. The second kappa shape index (κ2) is 11.5. The van der Waals surface area contributed by atoms with Crippen molar-refractivity contribution in [2.75, 3.05) is 13.2 Å². The summed E-state index contributed by atoms with van der Waals surface area (Å²) in [7, 11) is 0. The van der Waals surface area contributed by atoms with Crippen molar-refractivity contribution < 1.29 is 71.3 Å². The van der Waals surface area contributed by atoms with Crippen molar-refractivity contribution in [3.63, 3.8) is 0 Å². The predicted molar refractivity (Wildman–Crippen MR) is 102 cm³/mol. The summed E-state index contributed by atoms with van der Waals surface area (Å²) in [5, 5.41) is 0. The van der Waals surface area contributed by atoms with Gasteiger partial charge in [-0.3, -0.25) is 0 Å². The van der Waals surface area contributed by atoms with E-state index in [-0.39, 0.29) is 17.9 Å². The number of halogens is 13. The molecule has 0 atom stereocenters. The summed E-state index contributed by atoms with van der Waals surface area (Å²) in [5.41, 5.74) is -0.0350. The fourth-order valence-corrected chi connectivity index (χ4v) is 2.72. The Kier molecular flexibility index (Phi) is 10.2. The first-order valence-corrected chi connectivity index (χ1v) is 10.5. The molecule has 0 aromatic heterocycles. The van der Waals surface area contributed by atoms with Gasteiger partial charge in [0, 0.05) is 0 Å². The molecular weight excluding hydrogens is 547 g/mol. The van der Waals surface area contributed by atoms with Crippen molar-refractivity contribution in [3.8, 4) is 5.75 Å². The lowest BCUT2D eigenvalue weighted by atomic mass is 9.93. The number of rotatable bonds is 14. The number of unbranched alkanes of at least 4 members (excludes halogenated alkanes) is 3. The zero-order chi connectivity index (χ0) is 28.9. The van der Waals surface area contributed by atoms with E-state index in [1.807, 2.05) is 6.92 Å². The van der Waals surface area contributed by atoms with Gasteiger partial charge in [-0.05, 0) is 30.7 Å². The van der Waals surface area contributed by atoms with Crippen LogP contribution in [0.3, 0.4) is 0 Å². The van der Waals surface area contributed by atoms with E-state index in [4.69, 9.17) is 4.74 Å². The van der Waals surface area contributed by atoms with E-state index in [2.05, 4.69) is 4.74 Å². The van der Waals surface area contributed by atoms with E-state index in [0.717, 1.165) is 43.5 Å². The molecule has 0 bridgehead atoms. The Morgan fingerprint density at radius 1 is 0.676 bits per heavy atom. The molecule has 16 heteroatoms. The summed E-state index contributed by atoms with van der Waals surface area (Å²) in [4.78, 5) is 11.9. The summed E-state index contributed by atoms with van der Waals surface area (Å²) in [6, 6.07) is 4.03. The van der Waals surface area contributed by atoms with E-state index in [0.29, 0.717) is 6.42 Å². The molecule has 3 nitrogen and oxygen atoms in total. The smallest absolute Gasteiger partial charge is 0.460 e. The van der Waals surface area contributed by atoms with Gasteiger partial charge in [0.15, 0.2) is 0 Å². The van der Waals surface area contributed by atoms with Crippen molar-refractivity contribution >= 4 is 5.97 Å². The number of ether oxygens (including phenoxy) is 2. The highest BCUT2D eigenvalue weighted by Gasteiger charge is 2.90. The van der Waals surface area contributed by atoms with E-state index < -0.39 is 54.8 Å². The topological polar surface area (TPSA) is 35.5 Å². The highest BCUT2D eigenvalue weighted by Crippen LogP contribution is 2.60. The minimum atomic E-state index is -7.94. The first-order chi connectivity index (χ1) is 16.7. The molecule has 0 spiro atoms. The fourth-order valence-electron chi connectivity index (χ4n) is 2.72. The van der Waals surface area contributed by atoms with Crippen LogP contribution in [0, 0.1) is 0 Å². The SMILES string of the molecule is CCCCCCOC(=O)c1ccc(OCCC(F)(F)C(F)(F)C(F)(F)C(F)(F)C(F)(F)C(F)(F)F)cc1. The number of carbonyl (C=O) groups is 1. The Bertz CT molecular complexity index is 881. The van der Waals surface area contributed by atoms with Crippen molar-refractivity contribution in [1.29, 1.82) is 0 Å². The van der Waals surface area contributed by atoms with E-state index in [9.17, 15) is 61.9 Å². The summed E-state index contributed by atoms with van der Waals surface area (Å²) >= 11 is 0. The molecule has 0 radical (unpaired) electrons. The largest absolute Gasteiger partial charge is 0.493 e. The predicted octanol–water partition coefficient (Wildman–Crippen LogP) is 7.93. The van der Waals surface area contributed by atoms with Gasteiger partial charge < -0.3 is 9.47 Å². The van der Waals surface area contributed by atoms with Crippen molar-refractivity contribution in [2.24, 2.45) is 0 Å². The Morgan fingerprint density at radius 2 is 1.19 bits per heavy atom. The van der Waals surface area contributed by atoms with Crippen LogP contribution in [0.4, 0.5) is 57.1 Å². The number of hydrogen-bond donors (Lipinski definition) is 0. The maximum absolute atomic E-state index is 13.8. The summed E-state index contributed by atoms with van der Waals surface area (Å²) in [6.45, 7) is 0.496. The molecule has 0 heterocycles. The van der Waals surface area contributed by atoms with Gasteiger partial charge in [-0.15, -0.1) is 0 Å². The molecular formula is C21H21F13O3. The van der Waals surface area contributed by atoms with E-state index in [1.165, 1.54) is 0 Å². The summed E-state index contributed by atoms with van der Waals surface area (Å²) in [6.07, 6.45) is -6.66. The highest BCUT2D eigenvalue weighted by molar-refractivity contribution is 5.89. The Balaban J connectivity index is 2.84. The molecule has 0 aliphatic heterocycles. The first kappa shape index (κ1) is 32.6. The third kappa shape index (κ3) is 6.72. The lowest BCUT2D eigenvalue weighted by molar-refractivity contribution is -0.440. The molecule has 0 saturated carbocycles. The fraction of sp³-hybridized carbons (Fsp3) is 0.667. The zero-order valence-corrected chi connectivity index (χ0v) is 18.9. The second-order valence-electron chi connectivity index (χ2n) is 7.82. The molecule has 0 aliphatic carbocycles. The van der Waals surface area contributed by atoms with Crippen LogP contribution in [0.25, 0.3) is 0 Å². The van der Waals surface area contributed by atoms with Gasteiger partial charge in [0.25, 0.3) is 0 Å². The van der Waals surface area contributed by atoms with Crippen LogP contribution < -0.4 is 4.74 Å². The Morgan fingerprint density at radius 3 is 1.68 bits per heavy atom. The van der Waals surface area contributed by atoms with Crippen molar-refractivity contribution in [2.45, 2.75) is 74.8 Å². The average molecular weight is 568 g/mol. The molecule has 1 rings (SSSR count). The van der Waals surface area contributed by atoms with Gasteiger partial charge in [-0.2, -0.15) is 57.1 Å². The average Bonchev–Trinajstić information content (AvgIpc) is 2.77. The van der Waals surface area contributed by atoms with Gasteiger partial charge in [-0.25, -0.2) is 4.79 Å². The minimum absolute atomic E-state index is 0.0350. The number of esters is 1. The molecule has 0 amide bonds. The lowest BCUT2D eigenvalue weighted by Crippen LogP contribution is -2.70. The molecule has 214 valence electrons. The van der Waals surface area contributed by atoms with Crippen molar-refractivity contribution in [3.05, 3.63) is 29.8 Å². The first-order valence-electron chi connectivity index (χ1n) is 10.5. The third-order valence-electron chi connectivity index (χ3n) is 5.00. The third-order valence-corrected chi connectivity index (χ3v) is 5.00. The standard InChI is InChI=1S/C21H21F13O3/c1-2-3-4-5-11-37-15(35)13-6-8-14(9-7-13)36-12-10-16(22,23)17(24,25)18(26,27)19(28,29)20(30,31)21(32,33)34/h6-9H,2-5,10-12H2,1H3. The van der Waals surface area contributed by atoms with Gasteiger partial charge in [0.2, 0.25) is 0 Å². The molecule has 0 aliphatic rings.